The maximum atomic E-state index is 13.4. The standard InChI is InChI=1S/C26H16F3N3O3S/c1-15-9-10-20-22(11-15)36-25(31-20)32(24(34)16-5-4-6-18(12-16)26(27,28)29)30-13-17-14-35-21-8-3-2-7-19(21)23(17)33/h2-14H,1H3/b30-13+. The number of rotatable bonds is 4. The second kappa shape index (κ2) is 9.04. The van der Waals surface area contributed by atoms with Crippen molar-refractivity contribution >= 4 is 49.8 Å². The highest BCUT2D eigenvalue weighted by molar-refractivity contribution is 7.22. The molecule has 0 saturated carbocycles. The third-order valence-corrected chi connectivity index (χ3v) is 6.36. The van der Waals surface area contributed by atoms with Gasteiger partial charge in [0.1, 0.15) is 11.8 Å². The van der Waals surface area contributed by atoms with E-state index in [9.17, 15) is 22.8 Å². The molecule has 0 aliphatic heterocycles. The number of halogens is 3. The molecule has 0 spiro atoms. The van der Waals surface area contributed by atoms with Gasteiger partial charge in [0.25, 0.3) is 5.91 Å². The van der Waals surface area contributed by atoms with E-state index in [4.69, 9.17) is 4.42 Å². The summed E-state index contributed by atoms with van der Waals surface area (Å²) in [7, 11) is 0. The quantitative estimate of drug-likeness (QED) is 0.208. The summed E-state index contributed by atoms with van der Waals surface area (Å²) >= 11 is 1.15. The van der Waals surface area contributed by atoms with Crippen LogP contribution < -0.4 is 10.4 Å². The molecular formula is C26H16F3N3O3S. The smallest absolute Gasteiger partial charge is 0.416 e. The third kappa shape index (κ3) is 4.50. The molecule has 36 heavy (non-hydrogen) atoms. The highest BCUT2D eigenvalue weighted by Crippen LogP contribution is 2.33. The number of amides is 1. The number of nitrogens with zero attached hydrogens (tertiary/aromatic N) is 3. The van der Waals surface area contributed by atoms with E-state index in [2.05, 4.69) is 10.1 Å². The zero-order valence-electron chi connectivity index (χ0n) is 18.6. The Bertz CT molecular complexity index is 1710. The average Bonchev–Trinajstić information content (AvgIpc) is 3.28. The summed E-state index contributed by atoms with van der Waals surface area (Å²) < 4.78 is 46.1. The first-order valence-corrected chi connectivity index (χ1v) is 11.5. The number of hydrazone groups is 1. The highest BCUT2D eigenvalue weighted by Gasteiger charge is 2.32. The molecule has 2 heterocycles. The number of hydrogen-bond donors (Lipinski definition) is 0. The second-order valence-corrected chi connectivity index (χ2v) is 8.93. The van der Waals surface area contributed by atoms with Crippen LogP contribution in [0.2, 0.25) is 0 Å². The lowest BCUT2D eigenvalue weighted by molar-refractivity contribution is -0.137. The summed E-state index contributed by atoms with van der Waals surface area (Å²) in [5.41, 5.74) is 0.460. The monoisotopic (exact) mass is 507 g/mol. The number of fused-ring (bicyclic) bond motifs is 2. The molecule has 0 radical (unpaired) electrons. The normalized spacial score (nSPS) is 12.0. The van der Waals surface area contributed by atoms with Gasteiger partial charge in [0.2, 0.25) is 10.6 Å². The molecule has 0 saturated heterocycles. The largest absolute Gasteiger partial charge is 0.463 e. The third-order valence-electron chi connectivity index (χ3n) is 5.36. The number of thiazole rings is 1. The van der Waals surface area contributed by atoms with Gasteiger partial charge < -0.3 is 4.42 Å². The van der Waals surface area contributed by atoms with Crippen molar-refractivity contribution < 1.29 is 22.4 Å². The van der Waals surface area contributed by atoms with Crippen LogP contribution in [-0.2, 0) is 6.18 Å². The fraction of sp³-hybridized carbons (Fsp3) is 0.0769. The number of carbonyl (C=O) groups excluding carboxylic acids is 1. The minimum Gasteiger partial charge on any atom is -0.463 e. The van der Waals surface area contributed by atoms with Gasteiger partial charge in [-0.1, -0.05) is 35.6 Å². The lowest BCUT2D eigenvalue weighted by Gasteiger charge is -2.15. The van der Waals surface area contributed by atoms with Crippen LogP contribution in [0.4, 0.5) is 18.3 Å². The molecule has 0 aliphatic rings. The molecule has 0 atom stereocenters. The van der Waals surface area contributed by atoms with Gasteiger partial charge in [-0.3, -0.25) is 9.59 Å². The van der Waals surface area contributed by atoms with Crippen LogP contribution in [-0.4, -0.2) is 17.1 Å². The predicted octanol–water partition coefficient (Wildman–Crippen LogP) is 6.41. The van der Waals surface area contributed by atoms with Gasteiger partial charge >= 0.3 is 6.18 Å². The predicted molar refractivity (Wildman–Crippen MR) is 133 cm³/mol. The maximum absolute atomic E-state index is 13.4. The van der Waals surface area contributed by atoms with Crippen LogP contribution in [0, 0.1) is 6.92 Å². The van der Waals surface area contributed by atoms with Crippen LogP contribution in [0.5, 0.6) is 0 Å². The van der Waals surface area contributed by atoms with E-state index in [1.807, 2.05) is 19.1 Å². The van der Waals surface area contributed by atoms with E-state index in [1.165, 1.54) is 12.3 Å². The number of anilines is 1. The van der Waals surface area contributed by atoms with E-state index >= 15 is 0 Å². The number of hydrogen-bond acceptors (Lipinski definition) is 6. The maximum Gasteiger partial charge on any atom is 0.416 e. The van der Waals surface area contributed by atoms with Crippen molar-refractivity contribution in [1.29, 1.82) is 0 Å². The molecular weight excluding hydrogens is 491 g/mol. The zero-order chi connectivity index (χ0) is 25.4. The number of aromatic nitrogens is 1. The van der Waals surface area contributed by atoms with Crippen molar-refractivity contribution in [3.05, 3.63) is 105 Å². The van der Waals surface area contributed by atoms with E-state index in [0.717, 1.165) is 51.0 Å². The molecule has 6 nitrogen and oxygen atoms in total. The molecule has 0 aliphatic carbocycles. The summed E-state index contributed by atoms with van der Waals surface area (Å²) in [6.45, 7) is 1.90. The van der Waals surface area contributed by atoms with Crippen LogP contribution in [0.15, 0.2) is 87.3 Å². The first kappa shape index (κ1) is 23.4. The van der Waals surface area contributed by atoms with Crippen LogP contribution >= 0.6 is 11.3 Å². The Hall–Kier alpha value is -4.31. The summed E-state index contributed by atoms with van der Waals surface area (Å²) in [4.78, 5) is 30.7. The summed E-state index contributed by atoms with van der Waals surface area (Å²) in [5.74, 6) is -0.835. The van der Waals surface area contributed by atoms with E-state index in [1.54, 1.807) is 30.3 Å². The Labute approximate surface area is 205 Å². The van der Waals surface area contributed by atoms with E-state index in [-0.39, 0.29) is 21.7 Å². The lowest BCUT2D eigenvalue weighted by atomic mass is 10.1. The van der Waals surface area contributed by atoms with Crippen molar-refractivity contribution in [2.45, 2.75) is 13.1 Å². The molecule has 1 amide bonds. The molecule has 0 fully saturated rings. The van der Waals surface area contributed by atoms with Gasteiger partial charge in [-0.2, -0.15) is 23.3 Å². The Balaban J connectivity index is 1.61. The van der Waals surface area contributed by atoms with Crippen molar-refractivity contribution in [3.63, 3.8) is 0 Å². The van der Waals surface area contributed by atoms with Crippen LogP contribution in [0.1, 0.15) is 27.0 Å². The van der Waals surface area contributed by atoms with Crippen LogP contribution in [0.25, 0.3) is 21.2 Å². The molecule has 10 heteroatoms. The summed E-state index contributed by atoms with van der Waals surface area (Å²) in [5, 5.41) is 5.54. The highest BCUT2D eigenvalue weighted by atomic mass is 32.1. The number of aryl methyl sites for hydroxylation is 1. The summed E-state index contributed by atoms with van der Waals surface area (Å²) in [6, 6.07) is 16.2. The number of para-hydroxylation sites is 1. The van der Waals surface area contributed by atoms with Gasteiger partial charge in [-0.05, 0) is 55.0 Å². The number of benzene rings is 3. The van der Waals surface area contributed by atoms with Gasteiger partial charge in [0.05, 0.1) is 32.9 Å². The van der Waals surface area contributed by atoms with Crippen LogP contribution in [0.3, 0.4) is 0 Å². The fourth-order valence-corrected chi connectivity index (χ4v) is 4.57. The zero-order valence-corrected chi connectivity index (χ0v) is 19.4. The van der Waals surface area contributed by atoms with Crippen molar-refractivity contribution in [3.8, 4) is 0 Å². The number of carbonyl (C=O) groups is 1. The molecule has 5 aromatic rings. The van der Waals surface area contributed by atoms with Crippen molar-refractivity contribution in [2.75, 3.05) is 5.01 Å². The molecule has 5 rings (SSSR count). The Morgan fingerprint density at radius 2 is 1.89 bits per heavy atom. The SMILES string of the molecule is Cc1ccc2nc(N(/N=C/c3coc4ccccc4c3=O)C(=O)c3cccc(C(F)(F)F)c3)sc2c1. The number of alkyl halides is 3. The van der Waals surface area contributed by atoms with Gasteiger partial charge in [-0.25, -0.2) is 4.98 Å². The van der Waals surface area contributed by atoms with Gasteiger partial charge in [0.15, 0.2) is 0 Å². The molecule has 0 unspecified atom stereocenters. The Morgan fingerprint density at radius 3 is 2.69 bits per heavy atom. The average molecular weight is 507 g/mol. The Kier molecular flexibility index (Phi) is 5.89. The second-order valence-electron chi connectivity index (χ2n) is 7.92. The van der Waals surface area contributed by atoms with Crippen molar-refractivity contribution in [1.82, 2.24) is 4.98 Å². The molecule has 3 aromatic carbocycles. The van der Waals surface area contributed by atoms with E-state index < -0.39 is 17.6 Å². The van der Waals surface area contributed by atoms with Crippen molar-refractivity contribution in [2.24, 2.45) is 5.10 Å². The lowest BCUT2D eigenvalue weighted by Crippen LogP contribution is -2.26. The molecule has 0 N–H and O–H groups in total. The minimum absolute atomic E-state index is 0.0625. The van der Waals surface area contributed by atoms with Gasteiger partial charge in [0, 0.05) is 5.56 Å². The fourth-order valence-electron chi connectivity index (χ4n) is 3.55. The first-order chi connectivity index (χ1) is 17.2. The first-order valence-electron chi connectivity index (χ1n) is 10.6. The minimum atomic E-state index is -4.62. The summed E-state index contributed by atoms with van der Waals surface area (Å²) in [6.07, 6.45) is -2.27. The molecule has 0 bridgehead atoms. The molecule has 180 valence electrons. The van der Waals surface area contributed by atoms with Gasteiger partial charge in [-0.15, -0.1) is 0 Å². The topological polar surface area (TPSA) is 75.8 Å². The Morgan fingerprint density at radius 1 is 1.08 bits per heavy atom. The van der Waals surface area contributed by atoms with E-state index in [0.29, 0.717) is 16.5 Å². The molecule has 2 aromatic heterocycles.